The molecule has 1 fully saturated rings. The third-order valence-corrected chi connectivity index (χ3v) is 17.7. The molecule has 0 saturated carbocycles. The van der Waals surface area contributed by atoms with E-state index in [4.69, 9.17) is 22.9 Å². The number of nitrogens with two attached hydrogens (primary N) is 4. The van der Waals surface area contributed by atoms with Crippen molar-refractivity contribution in [1.29, 1.82) is 0 Å². The molecule has 2 rings (SSSR count). The second-order valence-corrected chi connectivity index (χ2v) is 25.2. The normalized spacial score (nSPS) is 20.6. The fourth-order valence-electron chi connectivity index (χ4n) is 9.08. The Morgan fingerprint density at radius 2 is 1.13 bits per heavy atom. The second kappa shape index (κ2) is 36.1. The molecule has 1 aliphatic rings. The topological polar surface area (TPSA) is 417 Å². The van der Waals surface area contributed by atoms with Gasteiger partial charge in [-0.25, -0.2) is 0 Å². The van der Waals surface area contributed by atoms with Crippen LogP contribution in [0.2, 0.25) is 0 Å². The summed E-state index contributed by atoms with van der Waals surface area (Å²) in [4.78, 5) is 162. The van der Waals surface area contributed by atoms with Gasteiger partial charge in [0.25, 0.3) is 0 Å². The standard InChI is InChI=1S/C55H73F17N12O13S2/c1-5-25(3)40-46(96)79-31(14-15-36(74)87)43(93)81-33(21-37(75)88)44(94)82-34(24-99-98-23-30(73)42(92)80-32(45(95)83-40)19-27-10-12-29(85)13-11-27)47(97)84(6-2)26(4)35(86)20-28(41(91)78-22-38(76)89)9-7-8-18-77-39(90)16-17-48(56,57)49(58,59)50(60,61)51(62,63)52(64,65)53(66,67)54(68,69)55(70,71)72/h10-13,25-26,28,30-34,40,85H,5-9,14-24,73H2,1-4H3,(H2,74,87)(H2,75,88)(H2,76,89)(H,77,90)(H,78,91)(H,79,96)(H,80,92)(H,81,93)(H,82,94)(H,83,95)/t25-,26-,28+,30-,31-,32-,33-,34-,40-/m0/s1. The molecule has 562 valence electrons. The maximum Gasteiger partial charge on any atom is 0.460 e. The number of amides is 11. The third-order valence-electron chi connectivity index (χ3n) is 15.2. The molecular formula is C55H73F17N12O13S2. The van der Waals surface area contributed by atoms with Crippen molar-refractivity contribution >= 4 is 92.4 Å². The number of hydrogen-bond donors (Lipinski definition) is 12. The van der Waals surface area contributed by atoms with Crippen LogP contribution in [-0.4, -0.2) is 202 Å². The Bertz CT molecular complexity index is 3060. The number of hydrogen-bond acceptors (Lipinski definition) is 16. The lowest BCUT2D eigenvalue weighted by Crippen LogP contribution is -2.74. The smallest absolute Gasteiger partial charge is 0.460 e. The summed E-state index contributed by atoms with van der Waals surface area (Å²) in [6.45, 7) is 3.67. The number of halogens is 17. The van der Waals surface area contributed by atoms with Crippen molar-refractivity contribution in [1.82, 2.24) is 42.1 Å². The van der Waals surface area contributed by atoms with Crippen LogP contribution >= 0.6 is 21.6 Å². The van der Waals surface area contributed by atoms with Gasteiger partial charge in [0.15, 0.2) is 5.78 Å². The van der Waals surface area contributed by atoms with E-state index in [9.17, 15) is 137 Å². The zero-order valence-electron chi connectivity index (χ0n) is 52.7. The maximum atomic E-state index is 14.7. The minimum Gasteiger partial charge on any atom is -0.508 e. The van der Waals surface area contributed by atoms with E-state index in [1.165, 1.54) is 31.2 Å². The number of rotatable bonds is 32. The van der Waals surface area contributed by atoms with Crippen molar-refractivity contribution in [2.24, 2.45) is 34.8 Å². The highest BCUT2D eigenvalue weighted by Crippen LogP contribution is 2.64. The van der Waals surface area contributed by atoms with Crippen molar-refractivity contribution in [3.05, 3.63) is 29.8 Å². The van der Waals surface area contributed by atoms with Gasteiger partial charge in [-0.15, -0.1) is 0 Å². The highest BCUT2D eigenvalue weighted by molar-refractivity contribution is 8.76. The number of primary amides is 3. The summed E-state index contributed by atoms with van der Waals surface area (Å²) in [5, 5.41) is 25.9. The highest BCUT2D eigenvalue weighted by Gasteiger charge is 2.95. The third kappa shape index (κ3) is 22.7. The Morgan fingerprint density at radius 3 is 1.66 bits per heavy atom. The molecule has 1 aromatic rings. The van der Waals surface area contributed by atoms with Crippen LogP contribution in [0.4, 0.5) is 74.6 Å². The van der Waals surface area contributed by atoms with Crippen LogP contribution in [0.3, 0.4) is 0 Å². The molecule has 1 saturated heterocycles. The first-order valence-electron chi connectivity index (χ1n) is 29.6. The monoisotopic (exact) mass is 1500 g/mol. The van der Waals surface area contributed by atoms with E-state index in [0.29, 0.717) is 5.56 Å². The summed E-state index contributed by atoms with van der Waals surface area (Å²) < 4.78 is 233. The Hall–Kier alpha value is -7.67. The number of aromatic hydroxyl groups is 1. The summed E-state index contributed by atoms with van der Waals surface area (Å²) in [5.74, 6) is -75.0. The molecule has 16 N–H and O–H groups in total. The number of nitrogens with zero attached hydrogens (tertiary/aromatic N) is 1. The minimum atomic E-state index is -8.85. The lowest BCUT2D eigenvalue weighted by molar-refractivity contribution is -0.461. The number of likely N-dealkylation sites (N-methyl/N-ethyl adjacent to an activating group) is 1. The van der Waals surface area contributed by atoms with Gasteiger partial charge >= 0.3 is 47.6 Å². The maximum absolute atomic E-state index is 14.7. The van der Waals surface area contributed by atoms with Gasteiger partial charge in [0.05, 0.1) is 25.0 Å². The van der Waals surface area contributed by atoms with E-state index >= 15 is 0 Å². The van der Waals surface area contributed by atoms with E-state index < -0.39 is 249 Å². The number of carbonyl (C=O) groups is 12. The average Bonchev–Trinajstić information content (AvgIpc) is 0.697. The Labute approximate surface area is 559 Å². The molecule has 1 heterocycles. The molecular weight excluding hydrogens is 1420 g/mol. The minimum absolute atomic E-state index is 0.147. The zero-order chi connectivity index (χ0) is 76.4. The van der Waals surface area contributed by atoms with Crippen molar-refractivity contribution in [3.8, 4) is 5.75 Å². The molecule has 0 bridgehead atoms. The van der Waals surface area contributed by atoms with Crippen LogP contribution < -0.4 is 60.2 Å². The van der Waals surface area contributed by atoms with Crippen LogP contribution in [0.5, 0.6) is 5.75 Å². The van der Waals surface area contributed by atoms with Crippen LogP contribution in [-0.2, 0) is 64.0 Å². The van der Waals surface area contributed by atoms with Crippen LogP contribution in [0.25, 0.3) is 0 Å². The van der Waals surface area contributed by atoms with Gasteiger partial charge in [0, 0.05) is 62.6 Å². The van der Waals surface area contributed by atoms with E-state index in [1.54, 1.807) is 19.2 Å². The van der Waals surface area contributed by atoms with Crippen LogP contribution in [0.1, 0.15) is 97.5 Å². The van der Waals surface area contributed by atoms with Crippen LogP contribution in [0.15, 0.2) is 24.3 Å². The lowest BCUT2D eigenvalue weighted by Gasteiger charge is -2.42. The van der Waals surface area contributed by atoms with Gasteiger partial charge < -0.3 is 70.2 Å². The molecule has 1 aromatic carbocycles. The summed E-state index contributed by atoms with van der Waals surface area (Å²) in [5.41, 5.74) is 22.6. The Balaban J connectivity index is 2.49. The molecule has 9 atom stereocenters. The number of phenols is 1. The van der Waals surface area contributed by atoms with Crippen molar-refractivity contribution in [3.63, 3.8) is 0 Å². The van der Waals surface area contributed by atoms with Gasteiger partial charge in [-0.05, 0) is 56.7 Å². The first kappa shape index (κ1) is 87.4. The fourth-order valence-corrected chi connectivity index (χ4v) is 11.4. The average molecular weight is 1500 g/mol. The second-order valence-electron chi connectivity index (χ2n) is 22.7. The SMILES string of the molecule is CC[C@H](C)[C@@H]1NC(=O)[C@H](Cc2ccc(O)cc2)NC(=O)[C@@H](N)CSSC[C@@H](C(=O)N(CC)[C@@H](C)C(=O)C[C@@H](CCCCNC(=O)CCC(F)(F)C(F)(F)C(F)(F)C(F)(F)C(F)(F)C(F)(F)C(F)(F)C(F)(F)F)C(=O)NCC(N)=O)NC(=O)[C@H](CC(N)=O)NC(=O)[C@H](CCC(N)=O)NC1=O. The quantitative estimate of drug-likeness (QED) is 0.0280. The first-order valence-corrected chi connectivity index (χ1v) is 32.0. The molecule has 99 heavy (non-hydrogen) atoms. The number of ketones is 1. The summed E-state index contributed by atoms with van der Waals surface area (Å²) in [7, 11) is 1.63. The van der Waals surface area contributed by atoms with E-state index in [2.05, 4.69) is 31.9 Å². The predicted molar refractivity (Wildman–Crippen MR) is 315 cm³/mol. The highest BCUT2D eigenvalue weighted by atomic mass is 33.1. The lowest BCUT2D eigenvalue weighted by atomic mass is 9.88. The number of nitrogens with one attached hydrogen (secondary N) is 7. The number of phenolic OH excluding ortho intramolecular Hbond substituents is 1. The number of benzene rings is 1. The van der Waals surface area contributed by atoms with E-state index in [0.717, 1.165) is 33.4 Å². The van der Waals surface area contributed by atoms with Gasteiger partial charge in [-0.2, -0.15) is 74.6 Å². The molecule has 0 spiro atoms. The van der Waals surface area contributed by atoms with Gasteiger partial charge in [-0.3, -0.25) is 57.5 Å². The van der Waals surface area contributed by atoms with Gasteiger partial charge in [-0.1, -0.05) is 60.4 Å². The molecule has 11 amide bonds. The molecule has 0 aliphatic carbocycles. The first-order chi connectivity index (χ1) is 45.3. The van der Waals surface area contributed by atoms with Crippen molar-refractivity contribution < 1.29 is 137 Å². The molecule has 25 nitrogen and oxygen atoms in total. The Morgan fingerprint density at radius 1 is 0.616 bits per heavy atom. The largest absolute Gasteiger partial charge is 0.508 e. The van der Waals surface area contributed by atoms with Gasteiger partial charge in [0.1, 0.15) is 36.0 Å². The van der Waals surface area contributed by atoms with Crippen molar-refractivity contribution in [2.75, 3.05) is 31.1 Å². The molecule has 1 aliphatic heterocycles. The molecule has 44 heteroatoms. The van der Waals surface area contributed by atoms with Crippen LogP contribution in [0, 0.1) is 11.8 Å². The summed E-state index contributed by atoms with van der Waals surface area (Å²) in [6, 6.07) is -6.04. The molecule has 0 aromatic heterocycles. The van der Waals surface area contributed by atoms with E-state index in [-0.39, 0.29) is 30.8 Å². The fraction of sp³-hybridized carbons (Fsp3) is 0.673. The summed E-state index contributed by atoms with van der Waals surface area (Å²) >= 11 is 0. The number of unbranched alkanes of at least 4 members (excludes halogenated alkanes) is 1. The molecule has 0 unspecified atom stereocenters. The number of alkyl halides is 17. The molecule has 0 radical (unpaired) electrons. The summed E-state index contributed by atoms with van der Waals surface area (Å²) in [6.07, 6.45) is -17.3. The van der Waals surface area contributed by atoms with Crippen molar-refractivity contribution in [2.45, 2.75) is 188 Å². The zero-order valence-corrected chi connectivity index (χ0v) is 54.3. The predicted octanol–water partition coefficient (Wildman–Crippen LogP) is 2.76. The van der Waals surface area contributed by atoms with Gasteiger partial charge in [0.2, 0.25) is 65.0 Å². The Kier molecular flexibility index (Phi) is 31.9. The number of Topliss-reactive ketones (excluding diaryl/α,β-unsaturated/α-hetero) is 1. The van der Waals surface area contributed by atoms with E-state index in [1.807, 2.05) is 0 Å². The number of carbonyl (C=O) groups excluding carboxylic acids is 12.